The van der Waals surface area contributed by atoms with Crippen molar-refractivity contribution in [1.29, 1.82) is 0 Å². The van der Waals surface area contributed by atoms with Gasteiger partial charge in [0.15, 0.2) is 13.2 Å². The van der Waals surface area contributed by atoms with Crippen LogP contribution in [0.25, 0.3) is 0 Å². The second-order valence-electron chi connectivity index (χ2n) is 5.83. The monoisotopic (exact) mass is 326 g/mol. The normalized spacial score (nSPS) is 16.4. The highest BCUT2D eigenvalue weighted by Crippen LogP contribution is 2.19. The number of hydrogen-bond acceptors (Lipinski definition) is 6. The first-order valence-electron chi connectivity index (χ1n) is 8.16. The first kappa shape index (κ1) is 19.2. The van der Waals surface area contributed by atoms with Gasteiger partial charge in [-0.25, -0.2) is 14.4 Å². The smallest absolute Gasteiger partial charge is 0.344 e. The van der Waals surface area contributed by atoms with Crippen molar-refractivity contribution in [1.82, 2.24) is 0 Å². The highest BCUT2D eigenvalue weighted by atomic mass is 16.6. The fraction of sp³-hybridized carbons (Fsp3) is 0.706. The number of rotatable bonds is 6. The van der Waals surface area contributed by atoms with Crippen molar-refractivity contribution in [3.05, 3.63) is 12.2 Å². The van der Waals surface area contributed by atoms with E-state index < -0.39 is 31.1 Å². The summed E-state index contributed by atoms with van der Waals surface area (Å²) in [6.07, 6.45) is 8.52. The molecule has 1 fully saturated rings. The van der Waals surface area contributed by atoms with Gasteiger partial charge in [-0.05, 0) is 32.6 Å². The predicted molar refractivity (Wildman–Crippen MR) is 83.5 cm³/mol. The molecule has 0 aromatic heterocycles. The highest BCUT2D eigenvalue weighted by molar-refractivity contribution is 5.88. The molecule has 130 valence electrons. The second kappa shape index (κ2) is 10.8. The minimum atomic E-state index is -0.786. The van der Waals surface area contributed by atoms with Gasteiger partial charge in [0.2, 0.25) is 0 Å². The molecule has 6 heteroatoms. The van der Waals surface area contributed by atoms with Crippen LogP contribution in [-0.4, -0.2) is 37.2 Å². The number of ether oxygens (including phenoxy) is 3. The van der Waals surface area contributed by atoms with Gasteiger partial charge in [0.25, 0.3) is 0 Å². The van der Waals surface area contributed by atoms with Gasteiger partial charge in [0.1, 0.15) is 6.10 Å². The van der Waals surface area contributed by atoms with E-state index in [1.807, 2.05) is 0 Å². The Kier molecular flexibility index (Phi) is 9.02. The molecule has 23 heavy (non-hydrogen) atoms. The van der Waals surface area contributed by atoms with Crippen LogP contribution in [0.4, 0.5) is 0 Å². The van der Waals surface area contributed by atoms with Gasteiger partial charge in [0, 0.05) is 5.57 Å². The van der Waals surface area contributed by atoms with Crippen molar-refractivity contribution < 1.29 is 28.6 Å². The molecule has 0 bridgehead atoms. The molecule has 0 heterocycles. The van der Waals surface area contributed by atoms with Crippen LogP contribution in [0.2, 0.25) is 0 Å². The van der Waals surface area contributed by atoms with Gasteiger partial charge >= 0.3 is 17.9 Å². The predicted octanol–water partition coefficient (Wildman–Crippen LogP) is 2.70. The molecule has 0 spiro atoms. The topological polar surface area (TPSA) is 78.9 Å². The first-order chi connectivity index (χ1) is 11.0. The third-order valence-electron chi connectivity index (χ3n) is 3.62. The standard InChI is InChI=1S/C17H26O6/c1-13(2)17(20)22-11-15(18)21-12-16(19)23-14-9-7-5-3-4-6-8-10-14/h14H,1,3-12H2,2H3. The Hall–Kier alpha value is -1.85. The molecule has 0 unspecified atom stereocenters. The van der Waals surface area contributed by atoms with Crippen molar-refractivity contribution in [3.8, 4) is 0 Å². The Morgan fingerprint density at radius 3 is 1.96 bits per heavy atom. The molecule has 1 rings (SSSR count). The molecular formula is C17H26O6. The minimum Gasteiger partial charge on any atom is -0.460 e. The second-order valence-corrected chi connectivity index (χ2v) is 5.83. The van der Waals surface area contributed by atoms with E-state index in [4.69, 9.17) is 9.47 Å². The molecule has 0 aromatic carbocycles. The van der Waals surface area contributed by atoms with Crippen molar-refractivity contribution in [3.63, 3.8) is 0 Å². The van der Waals surface area contributed by atoms with Gasteiger partial charge in [-0.1, -0.05) is 32.3 Å². The summed E-state index contributed by atoms with van der Waals surface area (Å²) in [5.74, 6) is -2.02. The average Bonchev–Trinajstić information content (AvgIpc) is 2.64. The maximum Gasteiger partial charge on any atom is 0.344 e. The molecule has 6 nitrogen and oxygen atoms in total. The van der Waals surface area contributed by atoms with Crippen molar-refractivity contribution in [2.45, 2.75) is 64.4 Å². The zero-order chi connectivity index (χ0) is 17.1. The molecule has 0 aliphatic heterocycles. The molecule has 1 saturated carbocycles. The Bertz CT molecular complexity index is 419. The fourth-order valence-corrected chi connectivity index (χ4v) is 2.36. The number of esters is 3. The largest absolute Gasteiger partial charge is 0.460 e. The van der Waals surface area contributed by atoms with Crippen molar-refractivity contribution >= 4 is 17.9 Å². The van der Waals surface area contributed by atoms with Crippen LogP contribution < -0.4 is 0 Å². The van der Waals surface area contributed by atoms with Gasteiger partial charge in [0.05, 0.1) is 0 Å². The molecule has 0 saturated heterocycles. The molecule has 0 atom stereocenters. The van der Waals surface area contributed by atoms with E-state index in [1.54, 1.807) is 0 Å². The summed E-state index contributed by atoms with van der Waals surface area (Å²) in [6, 6.07) is 0. The van der Waals surface area contributed by atoms with E-state index >= 15 is 0 Å². The van der Waals surface area contributed by atoms with Crippen LogP contribution in [0, 0.1) is 0 Å². The van der Waals surface area contributed by atoms with Crippen molar-refractivity contribution in [2.75, 3.05) is 13.2 Å². The van der Waals surface area contributed by atoms with Crippen LogP contribution in [-0.2, 0) is 28.6 Å². The van der Waals surface area contributed by atoms with Gasteiger partial charge < -0.3 is 14.2 Å². The lowest BCUT2D eigenvalue weighted by molar-refractivity contribution is -0.166. The lowest BCUT2D eigenvalue weighted by Gasteiger charge is -2.17. The maximum atomic E-state index is 11.7. The SMILES string of the molecule is C=C(C)C(=O)OCC(=O)OCC(=O)OC1CCCCCCCC1. The summed E-state index contributed by atoms with van der Waals surface area (Å²) >= 11 is 0. The van der Waals surface area contributed by atoms with Crippen LogP contribution in [0.15, 0.2) is 12.2 Å². The fourth-order valence-electron chi connectivity index (χ4n) is 2.36. The van der Waals surface area contributed by atoms with Gasteiger partial charge in [-0.3, -0.25) is 0 Å². The van der Waals surface area contributed by atoms with E-state index in [0.717, 1.165) is 38.5 Å². The number of carbonyl (C=O) groups excluding carboxylic acids is 3. The minimum absolute atomic E-state index is 0.0967. The van der Waals surface area contributed by atoms with Crippen LogP contribution >= 0.6 is 0 Å². The van der Waals surface area contributed by atoms with E-state index in [0.29, 0.717) is 0 Å². The summed E-state index contributed by atoms with van der Waals surface area (Å²) in [6.45, 7) is 3.87. The Labute approximate surface area is 137 Å². The summed E-state index contributed by atoms with van der Waals surface area (Å²) < 4.78 is 14.7. The summed E-state index contributed by atoms with van der Waals surface area (Å²) in [5, 5.41) is 0. The average molecular weight is 326 g/mol. The molecule has 1 aliphatic carbocycles. The molecule has 1 aliphatic rings. The lowest BCUT2D eigenvalue weighted by atomic mass is 10.1. The summed E-state index contributed by atoms with van der Waals surface area (Å²) in [5.41, 5.74) is 0.192. The maximum absolute atomic E-state index is 11.7. The number of hydrogen-bond donors (Lipinski definition) is 0. The number of carbonyl (C=O) groups is 3. The summed E-state index contributed by atoms with van der Waals surface area (Å²) in [4.78, 5) is 34.2. The third-order valence-corrected chi connectivity index (χ3v) is 3.62. The lowest BCUT2D eigenvalue weighted by Crippen LogP contribution is -2.25. The highest BCUT2D eigenvalue weighted by Gasteiger charge is 2.17. The van der Waals surface area contributed by atoms with Gasteiger partial charge in [-0.15, -0.1) is 0 Å². The third kappa shape index (κ3) is 9.01. The Balaban J connectivity index is 2.22. The molecule has 0 radical (unpaired) electrons. The first-order valence-corrected chi connectivity index (χ1v) is 8.16. The molecular weight excluding hydrogens is 300 g/mol. The molecule has 0 aromatic rings. The molecule has 0 amide bonds. The van der Waals surface area contributed by atoms with E-state index in [1.165, 1.54) is 19.8 Å². The van der Waals surface area contributed by atoms with E-state index in [9.17, 15) is 14.4 Å². The van der Waals surface area contributed by atoms with E-state index in [2.05, 4.69) is 11.3 Å². The zero-order valence-electron chi connectivity index (χ0n) is 13.8. The van der Waals surface area contributed by atoms with Crippen LogP contribution in [0.5, 0.6) is 0 Å². The summed E-state index contributed by atoms with van der Waals surface area (Å²) in [7, 11) is 0. The quantitative estimate of drug-likeness (QED) is 0.424. The Morgan fingerprint density at radius 2 is 1.39 bits per heavy atom. The van der Waals surface area contributed by atoms with Crippen LogP contribution in [0.1, 0.15) is 58.3 Å². The van der Waals surface area contributed by atoms with Crippen molar-refractivity contribution in [2.24, 2.45) is 0 Å². The Morgan fingerprint density at radius 1 is 0.870 bits per heavy atom. The van der Waals surface area contributed by atoms with Gasteiger partial charge in [-0.2, -0.15) is 0 Å². The van der Waals surface area contributed by atoms with E-state index in [-0.39, 0.29) is 11.7 Å². The van der Waals surface area contributed by atoms with Crippen LogP contribution in [0.3, 0.4) is 0 Å². The zero-order valence-corrected chi connectivity index (χ0v) is 13.8. The molecule has 0 N–H and O–H groups in total.